The molecule has 0 saturated carbocycles. The van der Waals surface area contributed by atoms with Crippen molar-refractivity contribution in [2.45, 2.75) is 45.6 Å². The lowest BCUT2D eigenvalue weighted by Crippen LogP contribution is -2.49. The Balaban J connectivity index is 2.26. The molecule has 2 N–H and O–H groups in total. The van der Waals surface area contributed by atoms with Crippen LogP contribution in [0.25, 0.3) is 11.5 Å². The van der Waals surface area contributed by atoms with Crippen LogP contribution in [0.15, 0.2) is 34.7 Å². The maximum atomic E-state index is 12.6. The van der Waals surface area contributed by atoms with Gasteiger partial charge in [-0.3, -0.25) is 9.59 Å². The Labute approximate surface area is 140 Å². The molecule has 0 unspecified atom stereocenters. The first-order valence-corrected chi connectivity index (χ1v) is 7.98. The van der Waals surface area contributed by atoms with Crippen molar-refractivity contribution in [3.63, 3.8) is 0 Å². The largest absolute Gasteiger partial charge is 0.481 e. The molecule has 24 heavy (non-hydrogen) atoms. The Kier molecular flexibility index (Phi) is 5.39. The van der Waals surface area contributed by atoms with Gasteiger partial charge in [0.1, 0.15) is 5.76 Å². The van der Waals surface area contributed by atoms with E-state index in [1.807, 2.05) is 44.2 Å². The number of hydrogen-bond acceptors (Lipinski definition) is 4. The molecule has 0 bridgehead atoms. The Morgan fingerprint density at radius 1 is 1.21 bits per heavy atom. The Morgan fingerprint density at radius 2 is 1.83 bits per heavy atom. The summed E-state index contributed by atoms with van der Waals surface area (Å²) >= 11 is 0. The highest BCUT2D eigenvalue weighted by atomic mass is 16.4. The Bertz CT molecular complexity index is 718. The first-order valence-electron chi connectivity index (χ1n) is 7.98. The van der Waals surface area contributed by atoms with E-state index in [2.05, 4.69) is 10.3 Å². The Morgan fingerprint density at radius 3 is 2.38 bits per heavy atom. The van der Waals surface area contributed by atoms with Crippen LogP contribution in [0, 0.1) is 6.92 Å². The third kappa shape index (κ3) is 3.82. The van der Waals surface area contributed by atoms with Crippen LogP contribution in [-0.2, 0) is 4.79 Å². The van der Waals surface area contributed by atoms with Gasteiger partial charge in [0, 0.05) is 5.56 Å². The first kappa shape index (κ1) is 17.7. The molecule has 2 aromatic rings. The van der Waals surface area contributed by atoms with Crippen molar-refractivity contribution in [1.29, 1.82) is 0 Å². The van der Waals surface area contributed by atoms with E-state index >= 15 is 0 Å². The van der Waals surface area contributed by atoms with Gasteiger partial charge in [-0.25, -0.2) is 4.98 Å². The van der Waals surface area contributed by atoms with Gasteiger partial charge >= 0.3 is 5.97 Å². The predicted molar refractivity (Wildman–Crippen MR) is 89.7 cm³/mol. The van der Waals surface area contributed by atoms with Crippen LogP contribution in [0.5, 0.6) is 0 Å². The van der Waals surface area contributed by atoms with Gasteiger partial charge in [-0.05, 0) is 31.9 Å². The third-order valence-corrected chi connectivity index (χ3v) is 4.25. The number of oxazole rings is 1. The van der Waals surface area contributed by atoms with E-state index in [-0.39, 0.29) is 12.1 Å². The minimum Gasteiger partial charge on any atom is -0.481 e. The number of carboxylic acid groups (broad SMARTS) is 1. The maximum Gasteiger partial charge on any atom is 0.305 e. The second-order valence-electron chi connectivity index (χ2n) is 5.80. The van der Waals surface area contributed by atoms with Gasteiger partial charge in [0.05, 0.1) is 12.0 Å². The fourth-order valence-corrected chi connectivity index (χ4v) is 2.62. The predicted octanol–water partition coefficient (Wildman–Crippen LogP) is 3.41. The molecule has 0 radical (unpaired) electrons. The fourth-order valence-electron chi connectivity index (χ4n) is 2.62. The van der Waals surface area contributed by atoms with Gasteiger partial charge in [-0.15, -0.1) is 0 Å². The molecule has 0 spiro atoms. The molecular weight excluding hydrogens is 308 g/mol. The van der Waals surface area contributed by atoms with E-state index in [1.165, 1.54) is 0 Å². The van der Waals surface area contributed by atoms with E-state index in [0.717, 1.165) is 5.56 Å². The summed E-state index contributed by atoms with van der Waals surface area (Å²) in [5.74, 6) is -0.581. The lowest BCUT2D eigenvalue weighted by Gasteiger charge is -2.31. The topological polar surface area (TPSA) is 92.4 Å². The van der Waals surface area contributed by atoms with Crippen LogP contribution >= 0.6 is 0 Å². The van der Waals surface area contributed by atoms with Crippen molar-refractivity contribution in [1.82, 2.24) is 10.3 Å². The van der Waals surface area contributed by atoms with Crippen LogP contribution < -0.4 is 5.32 Å². The lowest BCUT2D eigenvalue weighted by molar-refractivity contribution is -0.138. The molecule has 6 nitrogen and oxygen atoms in total. The van der Waals surface area contributed by atoms with E-state index in [0.29, 0.717) is 24.5 Å². The average molecular weight is 330 g/mol. The minimum absolute atomic E-state index is 0.131. The number of amides is 1. The minimum atomic E-state index is -0.944. The SMILES string of the molecule is CCC(CC)(CC(=O)O)NC(=O)c1nc(-c2ccccc2)oc1C. The summed E-state index contributed by atoms with van der Waals surface area (Å²) in [5.41, 5.74) is 0.175. The number of rotatable bonds is 7. The zero-order valence-electron chi connectivity index (χ0n) is 14.1. The molecule has 128 valence electrons. The number of aliphatic carboxylic acids is 1. The van der Waals surface area contributed by atoms with Gasteiger partial charge in [0.25, 0.3) is 5.91 Å². The van der Waals surface area contributed by atoms with Crippen LogP contribution in [0.2, 0.25) is 0 Å². The summed E-state index contributed by atoms with van der Waals surface area (Å²) in [4.78, 5) is 28.0. The van der Waals surface area contributed by atoms with Gasteiger partial charge in [0.15, 0.2) is 5.69 Å². The van der Waals surface area contributed by atoms with Crippen LogP contribution in [0.3, 0.4) is 0 Å². The third-order valence-electron chi connectivity index (χ3n) is 4.25. The highest BCUT2D eigenvalue weighted by Gasteiger charge is 2.32. The zero-order chi connectivity index (χ0) is 17.7. The number of nitrogens with zero attached hydrogens (tertiary/aromatic N) is 1. The quantitative estimate of drug-likeness (QED) is 0.811. The van der Waals surface area contributed by atoms with Crippen molar-refractivity contribution >= 4 is 11.9 Å². The van der Waals surface area contributed by atoms with Crippen molar-refractivity contribution in [2.75, 3.05) is 0 Å². The summed E-state index contributed by atoms with van der Waals surface area (Å²) in [6.07, 6.45) is 0.905. The normalized spacial score (nSPS) is 11.3. The monoisotopic (exact) mass is 330 g/mol. The van der Waals surface area contributed by atoms with Crippen molar-refractivity contribution in [2.24, 2.45) is 0 Å². The fraction of sp³-hybridized carbons (Fsp3) is 0.389. The summed E-state index contributed by atoms with van der Waals surface area (Å²) in [7, 11) is 0. The van der Waals surface area contributed by atoms with Crippen LogP contribution in [0.1, 0.15) is 49.4 Å². The van der Waals surface area contributed by atoms with Crippen molar-refractivity contribution in [3.05, 3.63) is 41.8 Å². The van der Waals surface area contributed by atoms with E-state index < -0.39 is 17.4 Å². The van der Waals surface area contributed by atoms with Crippen LogP contribution in [0.4, 0.5) is 0 Å². The Hall–Kier alpha value is -2.63. The number of carboxylic acids is 1. The summed E-state index contributed by atoms with van der Waals surface area (Å²) < 4.78 is 5.60. The molecule has 6 heteroatoms. The number of aromatic nitrogens is 1. The van der Waals surface area contributed by atoms with E-state index in [4.69, 9.17) is 9.52 Å². The molecule has 0 aliphatic carbocycles. The molecule has 0 aliphatic rings. The summed E-state index contributed by atoms with van der Waals surface area (Å²) in [5, 5.41) is 12.0. The maximum absolute atomic E-state index is 12.6. The molecule has 1 amide bonds. The standard InChI is InChI=1S/C18H22N2O4/c1-4-18(5-2,11-14(21)22)20-16(23)15-12(3)24-17(19-15)13-9-7-6-8-10-13/h6-10H,4-5,11H2,1-3H3,(H,20,23)(H,21,22). The molecule has 1 heterocycles. The molecule has 0 aliphatic heterocycles. The first-order chi connectivity index (χ1) is 11.4. The average Bonchev–Trinajstić information content (AvgIpc) is 2.96. The molecule has 1 aromatic heterocycles. The number of carbonyl (C=O) groups excluding carboxylic acids is 1. The number of carbonyl (C=O) groups is 2. The number of aryl methyl sites for hydroxylation is 1. The van der Waals surface area contributed by atoms with Crippen molar-refractivity contribution in [3.8, 4) is 11.5 Å². The second-order valence-corrected chi connectivity index (χ2v) is 5.80. The summed E-state index contributed by atoms with van der Waals surface area (Å²) in [6, 6.07) is 9.30. The van der Waals surface area contributed by atoms with Crippen LogP contribution in [-0.4, -0.2) is 27.5 Å². The van der Waals surface area contributed by atoms with Crippen molar-refractivity contribution < 1.29 is 19.1 Å². The molecule has 0 fully saturated rings. The molecule has 2 rings (SSSR count). The molecule has 0 saturated heterocycles. The van der Waals surface area contributed by atoms with Gasteiger partial charge in [-0.2, -0.15) is 0 Å². The highest BCUT2D eigenvalue weighted by Crippen LogP contribution is 2.24. The van der Waals surface area contributed by atoms with Gasteiger partial charge in [-0.1, -0.05) is 32.0 Å². The highest BCUT2D eigenvalue weighted by molar-refractivity contribution is 5.94. The number of hydrogen-bond donors (Lipinski definition) is 2. The van der Waals surface area contributed by atoms with Gasteiger partial charge < -0.3 is 14.8 Å². The van der Waals surface area contributed by atoms with E-state index in [9.17, 15) is 9.59 Å². The molecule has 0 atom stereocenters. The number of benzene rings is 1. The zero-order valence-corrected chi connectivity index (χ0v) is 14.1. The second kappa shape index (κ2) is 7.29. The summed E-state index contributed by atoms with van der Waals surface area (Å²) in [6.45, 7) is 5.39. The lowest BCUT2D eigenvalue weighted by atomic mass is 9.88. The molecule has 1 aromatic carbocycles. The smallest absolute Gasteiger partial charge is 0.305 e. The van der Waals surface area contributed by atoms with E-state index in [1.54, 1.807) is 6.92 Å². The van der Waals surface area contributed by atoms with Gasteiger partial charge in [0.2, 0.25) is 5.89 Å². The molecular formula is C18H22N2O4. The number of nitrogens with one attached hydrogen (secondary N) is 1.